The molecule has 0 aliphatic rings. The number of carbonyl (C=O) groups is 2. The summed E-state index contributed by atoms with van der Waals surface area (Å²) in [4.78, 5) is 35.6. The van der Waals surface area contributed by atoms with Crippen LogP contribution in [0.4, 0.5) is 11.4 Å². The molecule has 34 heavy (non-hydrogen) atoms. The van der Waals surface area contributed by atoms with Crippen molar-refractivity contribution in [2.75, 3.05) is 11.1 Å². The minimum atomic E-state index is -0.544. The monoisotopic (exact) mass is 594 g/mol. The molecule has 178 valence electrons. The van der Waals surface area contributed by atoms with E-state index in [2.05, 4.69) is 43.4 Å². The topological polar surface area (TPSA) is 132 Å². The van der Waals surface area contributed by atoms with E-state index < -0.39 is 16.9 Å². The van der Waals surface area contributed by atoms with Gasteiger partial charge in [-0.3, -0.25) is 19.7 Å². The SMILES string of the molecule is CC(C)[C@H](NC(=O)c1cccc([N+](=O)[O-])c1)c1nnc(SCC(=O)Nc2ccc(I)cc2)n1C. The molecule has 0 bridgehead atoms. The van der Waals surface area contributed by atoms with Crippen LogP contribution in [0.1, 0.15) is 36.1 Å². The van der Waals surface area contributed by atoms with Gasteiger partial charge in [0.2, 0.25) is 5.91 Å². The van der Waals surface area contributed by atoms with E-state index in [1.54, 1.807) is 11.6 Å². The van der Waals surface area contributed by atoms with E-state index in [1.807, 2.05) is 38.1 Å². The first kappa shape index (κ1) is 25.6. The van der Waals surface area contributed by atoms with E-state index >= 15 is 0 Å². The molecule has 0 aliphatic heterocycles. The quantitative estimate of drug-likeness (QED) is 0.164. The number of non-ortho nitro benzene ring substituents is 1. The van der Waals surface area contributed by atoms with Crippen LogP contribution in [0.5, 0.6) is 0 Å². The molecule has 2 N–H and O–H groups in total. The molecule has 10 nitrogen and oxygen atoms in total. The Morgan fingerprint density at radius 2 is 1.88 bits per heavy atom. The van der Waals surface area contributed by atoms with Crippen molar-refractivity contribution in [1.29, 1.82) is 0 Å². The van der Waals surface area contributed by atoms with Crippen LogP contribution in [0.3, 0.4) is 0 Å². The number of rotatable bonds is 9. The molecule has 0 unspecified atom stereocenters. The van der Waals surface area contributed by atoms with Gasteiger partial charge in [0, 0.05) is 34.0 Å². The number of nitro benzene ring substituents is 1. The highest BCUT2D eigenvalue weighted by Crippen LogP contribution is 2.25. The molecule has 1 aromatic heterocycles. The lowest BCUT2D eigenvalue weighted by Crippen LogP contribution is -2.33. The fraction of sp³-hybridized carbons (Fsp3) is 0.273. The molecule has 3 rings (SSSR count). The normalized spacial score (nSPS) is 11.8. The van der Waals surface area contributed by atoms with E-state index in [4.69, 9.17) is 0 Å². The van der Waals surface area contributed by atoms with E-state index in [-0.39, 0.29) is 28.8 Å². The Kier molecular flexibility index (Phi) is 8.61. The molecule has 1 heterocycles. The summed E-state index contributed by atoms with van der Waals surface area (Å²) >= 11 is 3.43. The van der Waals surface area contributed by atoms with Crippen LogP contribution in [0.15, 0.2) is 53.7 Å². The first-order valence-electron chi connectivity index (χ1n) is 10.3. The number of hydrogen-bond acceptors (Lipinski definition) is 7. The van der Waals surface area contributed by atoms with Crippen molar-refractivity contribution in [2.24, 2.45) is 13.0 Å². The first-order chi connectivity index (χ1) is 16.2. The van der Waals surface area contributed by atoms with Crippen molar-refractivity contribution >= 4 is 57.5 Å². The van der Waals surface area contributed by atoms with Crippen LogP contribution in [-0.4, -0.2) is 37.3 Å². The number of hydrogen-bond donors (Lipinski definition) is 2. The van der Waals surface area contributed by atoms with Crippen molar-refractivity contribution in [3.8, 4) is 0 Å². The summed E-state index contributed by atoms with van der Waals surface area (Å²) in [5.74, 6) is 0.0122. The van der Waals surface area contributed by atoms with Crippen LogP contribution in [0.2, 0.25) is 0 Å². The molecule has 12 heteroatoms. The van der Waals surface area contributed by atoms with Gasteiger partial charge in [-0.15, -0.1) is 10.2 Å². The maximum absolute atomic E-state index is 12.8. The third-order valence-electron chi connectivity index (χ3n) is 4.88. The number of anilines is 1. The Bertz CT molecular complexity index is 1200. The number of amides is 2. The fourth-order valence-corrected chi connectivity index (χ4v) is 4.18. The maximum atomic E-state index is 12.8. The molecule has 0 saturated carbocycles. The average molecular weight is 594 g/mol. The molecular formula is C22H23IN6O4S. The lowest BCUT2D eigenvalue weighted by molar-refractivity contribution is -0.384. The van der Waals surface area contributed by atoms with Crippen LogP contribution in [0, 0.1) is 19.6 Å². The van der Waals surface area contributed by atoms with Gasteiger partial charge in [-0.05, 0) is 58.8 Å². The number of nitrogens with zero attached hydrogens (tertiary/aromatic N) is 4. The number of nitrogens with one attached hydrogen (secondary N) is 2. The molecule has 0 fully saturated rings. The summed E-state index contributed by atoms with van der Waals surface area (Å²) < 4.78 is 2.81. The highest BCUT2D eigenvalue weighted by atomic mass is 127. The number of thioether (sulfide) groups is 1. The van der Waals surface area contributed by atoms with Crippen molar-refractivity contribution in [3.63, 3.8) is 0 Å². The predicted octanol–water partition coefficient (Wildman–Crippen LogP) is 4.19. The van der Waals surface area contributed by atoms with E-state index in [0.717, 1.165) is 3.57 Å². The Labute approximate surface area is 214 Å². The summed E-state index contributed by atoms with van der Waals surface area (Å²) in [5, 5.41) is 25.7. The first-order valence-corrected chi connectivity index (χ1v) is 12.3. The van der Waals surface area contributed by atoms with Crippen LogP contribution < -0.4 is 10.6 Å². The second-order valence-electron chi connectivity index (χ2n) is 7.75. The number of nitro groups is 1. The second kappa shape index (κ2) is 11.4. The van der Waals surface area contributed by atoms with E-state index in [0.29, 0.717) is 16.7 Å². The number of halogens is 1. The summed E-state index contributed by atoms with van der Waals surface area (Å²) in [6, 6.07) is 12.6. The predicted molar refractivity (Wildman–Crippen MR) is 138 cm³/mol. The van der Waals surface area contributed by atoms with Crippen molar-refractivity contribution in [2.45, 2.75) is 25.0 Å². The Balaban J connectivity index is 1.68. The molecule has 0 aliphatic carbocycles. The number of benzene rings is 2. The Morgan fingerprint density at radius 1 is 1.18 bits per heavy atom. The van der Waals surface area contributed by atoms with Crippen LogP contribution in [-0.2, 0) is 11.8 Å². The third kappa shape index (κ3) is 6.53. The smallest absolute Gasteiger partial charge is 0.270 e. The van der Waals surface area contributed by atoms with Crippen molar-refractivity contribution in [1.82, 2.24) is 20.1 Å². The van der Waals surface area contributed by atoms with E-state index in [1.165, 1.54) is 36.0 Å². The average Bonchev–Trinajstić information content (AvgIpc) is 3.17. The van der Waals surface area contributed by atoms with E-state index in [9.17, 15) is 19.7 Å². The van der Waals surface area contributed by atoms with Gasteiger partial charge >= 0.3 is 0 Å². The van der Waals surface area contributed by atoms with Crippen LogP contribution >= 0.6 is 34.4 Å². The van der Waals surface area contributed by atoms with Gasteiger partial charge in [0.25, 0.3) is 11.6 Å². The molecule has 1 atom stereocenters. The summed E-state index contributed by atoms with van der Waals surface area (Å²) in [7, 11) is 1.77. The summed E-state index contributed by atoms with van der Waals surface area (Å²) in [6.07, 6.45) is 0. The number of aromatic nitrogens is 3. The molecule has 0 radical (unpaired) electrons. The zero-order valence-electron chi connectivity index (χ0n) is 18.7. The van der Waals surface area contributed by atoms with Crippen LogP contribution in [0.25, 0.3) is 0 Å². The van der Waals surface area contributed by atoms with Gasteiger partial charge in [0.05, 0.1) is 16.7 Å². The molecule has 0 saturated heterocycles. The highest BCUT2D eigenvalue weighted by molar-refractivity contribution is 14.1. The standard InChI is InChI=1S/C22H23IN6O4S/c1-13(2)19(25-21(31)14-5-4-6-17(11-14)29(32)33)20-26-27-22(28(20)3)34-12-18(30)24-16-9-7-15(23)8-10-16/h4-11,13,19H,12H2,1-3H3,(H,24,30)(H,25,31)/t19-/m0/s1. The molecule has 3 aromatic rings. The van der Waals surface area contributed by atoms with Gasteiger partial charge < -0.3 is 15.2 Å². The third-order valence-corrected chi connectivity index (χ3v) is 6.62. The molecule has 2 amide bonds. The van der Waals surface area contributed by atoms with Gasteiger partial charge in [-0.2, -0.15) is 0 Å². The largest absolute Gasteiger partial charge is 0.342 e. The minimum absolute atomic E-state index is 0.0347. The number of carbonyl (C=O) groups excluding carboxylic acids is 2. The summed E-state index contributed by atoms with van der Waals surface area (Å²) in [6.45, 7) is 3.85. The van der Waals surface area contributed by atoms with Crippen molar-refractivity contribution < 1.29 is 14.5 Å². The Morgan fingerprint density at radius 3 is 2.53 bits per heavy atom. The van der Waals surface area contributed by atoms with Gasteiger partial charge in [-0.25, -0.2) is 0 Å². The van der Waals surface area contributed by atoms with Gasteiger partial charge in [0.15, 0.2) is 11.0 Å². The highest BCUT2D eigenvalue weighted by Gasteiger charge is 2.26. The summed E-state index contributed by atoms with van der Waals surface area (Å²) in [5.41, 5.74) is 0.742. The maximum Gasteiger partial charge on any atom is 0.270 e. The van der Waals surface area contributed by atoms with Gasteiger partial charge in [0.1, 0.15) is 0 Å². The lowest BCUT2D eigenvalue weighted by Gasteiger charge is -2.21. The minimum Gasteiger partial charge on any atom is -0.342 e. The lowest BCUT2D eigenvalue weighted by atomic mass is 10.0. The molecule has 2 aromatic carbocycles. The zero-order chi connectivity index (χ0) is 24.8. The second-order valence-corrected chi connectivity index (χ2v) is 9.93. The molecule has 0 spiro atoms. The fourth-order valence-electron chi connectivity index (χ4n) is 3.10. The van der Waals surface area contributed by atoms with Gasteiger partial charge in [-0.1, -0.05) is 31.7 Å². The Hall–Kier alpha value is -3.00. The van der Waals surface area contributed by atoms with Crippen molar-refractivity contribution in [3.05, 3.63) is 73.6 Å². The zero-order valence-corrected chi connectivity index (χ0v) is 21.7. The molecular weight excluding hydrogens is 571 g/mol.